The summed E-state index contributed by atoms with van der Waals surface area (Å²) in [4.78, 5) is 28.7. The van der Waals surface area contributed by atoms with Crippen LogP contribution in [0.3, 0.4) is 0 Å². The average Bonchev–Trinajstić information content (AvgIpc) is 2.71. The lowest BCUT2D eigenvalue weighted by Gasteiger charge is -2.14. The van der Waals surface area contributed by atoms with Crippen molar-refractivity contribution in [3.05, 3.63) is 72.1 Å². The summed E-state index contributed by atoms with van der Waals surface area (Å²) in [6.07, 6.45) is 1.32. The molecule has 3 N–H and O–H groups in total. The van der Waals surface area contributed by atoms with Crippen molar-refractivity contribution in [1.29, 1.82) is 0 Å². The summed E-state index contributed by atoms with van der Waals surface area (Å²) in [6, 6.07) is 14.7. The summed E-state index contributed by atoms with van der Waals surface area (Å²) >= 11 is 0. The first-order chi connectivity index (χ1) is 14.3. The molecule has 0 saturated heterocycles. The fourth-order valence-electron chi connectivity index (χ4n) is 3.00. The molecule has 0 aliphatic carbocycles. The number of fused-ring (bicyclic) bond motifs is 1. The summed E-state index contributed by atoms with van der Waals surface area (Å²) in [7, 11) is -3.96. The maximum atomic E-state index is 12.7. The maximum absolute atomic E-state index is 12.7. The van der Waals surface area contributed by atoms with Gasteiger partial charge in [0.1, 0.15) is 12.3 Å². The highest BCUT2D eigenvalue weighted by molar-refractivity contribution is 7.89. The molecule has 1 amide bonds. The number of sulfonamides is 1. The van der Waals surface area contributed by atoms with Crippen LogP contribution >= 0.6 is 0 Å². The number of benzene rings is 2. The molecule has 0 bridgehead atoms. The zero-order valence-electron chi connectivity index (χ0n) is 16.2. The van der Waals surface area contributed by atoms with E-state index >= 15 is 0 Å². The van der Waals surface area contributed by atoms with Gasteiger partial charge in [-0.15, -0.1) is 0 Å². The van der Waals surface area contributed by atoms with Crippen LogP contribution in [0.4, 0.5) is 0 Å². The quantitative estimate of drug-likeness (QED) is 0.556. The Balaban J connectivity index is 1.68. The van der Waals surface area contributed by atoms with Gasteiger partial charge in [-0.3, -0.25) is 14.6 Å². The van der Waals surface area contributed by atoms with Gasteiger partial charge < -0.3 is 10.1 Å². The van der Waals surface area contributed by atoms with Crippen molar-refractivity contribution in [3.63, 3.8) is 0 Å². The molecule has 0 aliphatic heterocycles. The zero-order valence-corrected chi connectivity index (χ0v) is 17.1. The van der Waals surface area contributed by atoms with E-state index in [-0.39, 0.29) is 23.6 Å². The molecule has 30 heavy (non-hydrogen) atoms. The Morgan fingerprint density at radius 2 is 1.80 bits per heavy atom. The highest BCUT2D eigenvalue weighted by Gasteiger charge is 2.20. The van der Waals surface area contributed by atoms with Crippen LogP contribution < -0.4 is 10.5 Å². The minimum Gasteiger partial charge on any atom is -0.461 e. The molecule has 1 heterocycles. The van der Waals surface area contributed by atoms with Crippen molar-refractivity contribution in [2.45, 2.75) is 30.9 Å². The number of carbonyl (C=O) groups excluding carboxylic acids is 2. The van der Waals surface area contributed by atoms with Gasteiger partial charge in [-0.2, -0.15) is 0 Å². The topological polar surface area (TPSA) is 128 Å². The second-order valence-electron chi connectivity index (χ2n) is 6.78. The SMILES string of the molecule is CC(CC(=O)OCc1ccccc1)NC(=O)c1nccc2c(S(N)(=O)=O)cccc12. The smallest absolute Gasteiger partial charge is 0.308 e. The van der Waals surface area contributed by atoms with Crippen LogP contribution in [0.2, 0.25) is 0 Å². The van der Waals surface area contributed by atoms with Gasteiger partial charge in [0.25, 0.3) is 5.91 Å². The number of nitrogens with zero attached hydrogens (tertiary/aromatic N) is 1. The van der Waals surface area contributed by atoms with Crippen LogP contribution in [-0.4, -0.2) is 31.3 Å². The van der Waals surface area contributed by atoms with Crippen LogP contribution in [0.1, 0.15) is 29.4 Å². The van der Waals surface area contributed by atoms with Gasteiger partial charge >= 0.3 is 5.97 Å². The Morgan fingerprint density at radius 3 is 2.50 bits per heavy atom. The van der Waals surface area contributed by atoms with E-state index < -0.39 is 27.9 Å². The van der Waals surface area contributed by atoms with Crippen LogP contribution in [0.25, 0.3) is 10.8 Å². The molecule has 3 aromatic rings. The van der Waals surface area contributed by atoms with E-state index in [1.165, 1.54) is 24.4 Å². The third-order valence-corrected chi connectivity index (χ3v) is 5.35. The van der Waals surface area contributed by atoms with Crippen molar-refractivity contribution in [1.82, 2.24) is 10.3 Å². The second-order valence-corrected chi connectivity index (χ2v) is 8.31. The number of pyridine rings is 1. The van der Waals surface area contributed by atoms with E-state index in [9.17, 15) is 18.0 Å². The van der Waals surface area contributed by atoms with Gasteiger partial charge in [0, 0.05) is 23.0 Å². The fraction of sp³-hybridized carbons (Fsp3) is 0.190. The monoisotopic (exact) mass is 427 g/mol. The summed E-state index contributed by atoms with van der Waals surface area (Å²) in [5, 5.41) is 8.60. The number of aromatic nitrogens is 1. The van der Waals surface area contributed by atoms with Crippen LogP contribution in [0, 0.1) is 0 Å². The minimum atomic E-state index is -3.96. The van der Waals surface area contributed by atoms with Crippen molar-refractivity contribution in [2.24, 2.45) is 5.14 Å². The Kier molecular flexibility index (Phi) is 6.43. The summed E-state index contributed by atoms with van der Waals surface area (Å²) < 4.78 is 28.8. The highest BCUT2D eigenvalue weighted by Crippen LogP contribution is 2.23. The number of amides is 1. The molecule has 0 aliphatic rings. The summed E-state index contributed by atoms with van der Waals surface area (Å²) in [5.74, 6) is -0.982. The summed E-state index contributed by atoms with van der Waals surface area (Å²) in [6.45, 7) is 1.82. The average molecular weight is 427 g/mol. The van der Waals surface area contributed by atoms with Gasteiger partial charge in [0.05, 0.1) is 11.3 Å². The summed E-state index contributed by atoms with van der Waals surface area (Å²) in [5.41, 5.74) is 0.913. The normalized spacial score (nSPS) is 12.3. The van der Waals surface area contributed by atoms with Gasteiger partial charge in [-0.05, 0) is 24.6 Å². The van der Waals surface area contributed by atoms with E-state index in [2.05, 4.69) is 10.3 Å². The van der Waals surface area contributed by atoms with Crippen molar-refractivity contribution in [3.8, 4) is 0 Å². The van der Waals surface area contributed by atoms with E-state index in [4.69, 9.17) is 9.88 Å². The van der Waals surface area contributed by atoms with E-state index in [0.717, 1.165) is 5.56 Å². The van der Waals surface area contributed by atoms with Crippen LogP contribution in [0.5, 0.6) is 0 Å². The van der Waals surface area contributed by atoms with Gasteiger partial charge in [-0.1, -0.05) is 42.5 Å². The van der Waals surface area contributed by atoms with Gasteiger partial charge in [0.15, 0.2) is 0 Å². The lowest BCUT2D eigenvalue weighted by atomic mass is 10.1. The Morgan fingerprint density at radius 1 is 1.07 bits per heavy atom. The van der Waals surface area contributed by atoms with Gasteiger partial charge in [-0.25, -0.2) is 13.6 Å². The number of ether oxygens (including phenoxy) is 1. The molecule has 0 spiro atoms. The fourth-order valence-corrected chi connectivity index (χ4v) is 3.75. The molecule has 2 aromatic carbocycles. The second kappa shape index (κ2) is 9.02. The number of esters is 1. The molecular formula is C21H21N3O5S. The Bertz CT molecular complexity index is 1180. The lowest BCUT2D eigenvalue weighted by Crippen LogP contribution is -2.35. The minimum absolute atomic E-state index is 0.0221. The lowest BCUT2D eigenvalue weighted by molar-refractivity contribution is -0.145. The third kappa shape index (κ3) is 5.19. The zero-order chi connectivity index (χ0) is 21.7. The molecule has 0 radical (unpaired) electrons. The molecule has 9 heteroatoms. The molecule has 3 rings (SSSR count). The Hall–Kier alpha value is -3.30. The molecule has 0 saturated carbocycles. The number of nitrogens with one attached hydrogen (secondary N) is 1. The van der Waals surface area contributed by atoms with Crippen molar-refractivity contribution >= 4 is 32.7 Å². The van der Waals surface area contributed by atoms with Crippen molar-refractivity contribution in [2.75, 3.05) is 0 Å². The molecule has 1 unspecified atom stereocenters. The number of carbonyl (C=O) groups is 2. The molecule has 1 aromatic heterocycles. The molecule has 0 fully saturated rings. The number of rotatable bonds is 7. The molecular weight excluding hydrogens is 406 g/mol. The number of hydrogen-bond donors (Lipinski definition) is 2. The highest BCUT2D eigenvalue weighted by atomic mass is 32.2. The predicted molar refractivity (Wildman–Crippen MR) is 111 cm³/mol. The number of hydrogen-bond acceptors (Lipinski definition) is 6. The first kappa shape index (κ1) is 21.4. The third-order valence-electron chi connectivity index (χ3n) is 4.38. The predicted octanol–water partition coefficient (Wildman–Crippen LogP) is 2.13. The standard InChI is InChI=1S/C21H21N3O5S/c1-14(12-19(25)29-13-15-6-3-2-4-7-15)24-21(26)20-17-8-5-9-18(30(22,27)28)16(17)10-11-23-20/h2-11,14H,12-13H2,1H3,(H,24,26)(H2,22,27,28). The van der Waals surface area contributed by atoms with Crippen LogP contribution in [-0.2, 0) is 26.2 Å². The molecule has 156 valence electrons. The largest absolute Gasteiger partial charge is 0.461 e. The van der Waals surface area contributed by atoms with Gasteiger partial charge in [0.2, 0.25) is 10.0 Å². The van der Waals surface area contributed by atoms with E-state index in [0.29, 0.717) is 10.8 Å². The first-order valence-electron chi connectivity index (χ1n) is 9.16. The van der Waals surface area contributed by atoms with Crippen molar-refractivity contribution < 1.29 is 22.7 Å². The van der Waals surface area contributed by atoms with E-state index in [1.54, 1.807) is 13.0 Å². The maximum Gasteiger partial charge on any atom is 0.308 e. The van der Waals surface area contributed by atoms with E-state index in [1.807, 2.05) is 30.3 Å². The Labute approximate surface area is 174 Å². The first-order valence-corrected chi connectivity index (χ1v) is 10.7. The molecule has 8 nitrogen and oxygen atoms in total. The number of nitrogens with two attached hydrogens (primary N) is 1. The van der Waals surface area contributed by atoms with Crippen LogP contribution in [0.15, 0.2) is 65.7 Å². The molecule has 1 atom stereocenters. The number of primary sulfonamides is 1.